The molecule has 0 amide bonds. The molecule has 6 heteroatoms. The summed E-state index contributed by atoms with van der Waals surface area (Å²) in [5.74, 6) is -0.0525. The number of nitrogens with two attached hydrogens (primary N) is 1. The van der Waals surface area contributed by atoms with Crippen LogP contribution in [-0.2, 0) is 5.88 Å². The van der Waals surface area contributed by atoms with Gasteiger partial charge in [0.15, 0.2) is 0 Å². The molecule has 3 N–H and O–H groups in total. The average molecular weight is 209 g/mol. The molecule has 0 spiro atoms. The van der Waals surface area contributed by atoms with Gasteiger partial charge < -0.3 is 10.7 Å². The Labute approximate surface area is 77.5 Å². The second-order valence-corrected chi connectivity index (χ2v) is 2.67. The fraction of sp³-hybridized carbons (Fsp3) is 0.286. The number of rotatable bonds is 2. The van der Waals surface area contributed by atoms with Crippen molar-refractivity contribution >= 4 is 17.3 Å². The monoisotopic (exact) mass is 208 g/mol. The second kappa shape index (κ2) is 3.74. The van der Waals surface area contributed by atoms with Crippen molar-refractivity contribution in [1.29, 1.82) is 0 Å². The minimum Gasteiger partial charge on any atom is -0.394 e. The standard InChI is InChI=1S/C7H7ClF2N2O/c8-1-3-2-12-5(7(9)10)4(11)6(3)13/h2,7H,1,11H2,(H,12,13). The van der Waals surface area contributed by atoms with Gasteiger partial charge >= 0.3 is 0 Å². The molecule has 1 rings (SSSR count). The predicted octanol–water partition coefficient (Wildman–Crippen LogP) is 1.63. The molecule has 0 radical (unpaired) electrons. The first kappa shape index (κ1) is 9.98. The predicted molar refractivity (Wildman–Crippen MR) is 46.0 cm³/mol. The Morgan fingerprint density at radius 2 is 2.23 bits per heavy atom. The molecule has 1 aromatic heterocycles. The molecule has 0 saturated carbocycles. The van der Waals surface area contributed by atoms with Crippen LogP contribution >= 0.6 is 11.6 Å². The zero-order valence-corrected chi connectivity index (χ0v) is 7.24. The van der Waals surface area contributed by atoms with Crippen molar-refractivity contribution in [1.82, 2.24) is 4.98 Å². The van der Waals surface area contributed by atoms with Crippen molar-refractivity contribution in [3.05, 3.63) is 27.7 Å². The van der Waals surface area contributed by atoms with Crippen LogP contribution in [0.5, 0.6) is 0 Å². The summed E-state index contributed by atoms with van der Waals surface area (Å²) in [7, 11) is 0. The quantitative estimate of drug-likeness (QED) is 0.726. The van der Waals surface area contributed by atoms with Gasteiger partial charge in [-0.2, -0.15) is 0 Å². The molecule has 0 unspecified atom stereocenters. The summed E-state index contributed by atoms with van der Waals surface area (Å²) in [5.41, 5.74) is 3.70. The molecule has 0 aromatic carbocycles. The van der Waals surface area contributed by atoms with E-state index < -0.39 is 23.2 Å². The van der Waals surface area contributed by atoms with Gasteiger partial charge in [0.2, 0.25) is 5.43 Å². The Morgan fingerprint density at radius 1 is 1.62 bits per heavy atom. The average Bonchev–Trinajstić information content (AvgIpc) is 2.09. The summed E-state index contributed by atoms with van der Waals surface area (Å²) >= 11 is 5.37. The first-order chi connectivity index (χ1) is 6.07. The van der Waals surface area contributed by atoms with E-state index in [1.54, 1.807) is 0 Å². The van der Waals surface area contributed by atoms with Crippen molar-refractivity contribution in [2.45, 2.75) is 12.3 Å². The summed E-state index contributed by atoms with van der Waals surface area (Å²) in [5, 5.41) is 0. The zero-order chi connectivity index (χ0) is 10.0. The van der Waals surface area contributed by atoms with Crippen LogP contribution in [0.15, 0.2) is 11.0 Å². The van der Waals surface area contributed by atoms with Crippen LogP contribution in [0.3, 0.4) is 0 Å². The van der Waals surface area contributed by atoms with Gasteiger partial charge in [0.25, 0.3) is 6.43 Å². The first-order valence-corrected chi connectivity index (χ1v) is 3.95. The largest absolute Gasteiger partial charge is 0.394 e. The van der Waals surface area contributed by atoms with Crippen molar-refractivity contribution in [2.24, 2.45) is 0 Å². The molecule has 0 atom stereocenters. The van der Waals surface area contributed by atoms with Crippen molar-refractivity contribution in [2.75, 3.05) is 5.73 Å². The maximum absolute atomic E-state index is 12.2. The highest BCUT2D eigenvalue weighted by Gasteiger charge is 2.15. The summed E-state index contributed by atoms with van der Waals surface area (Å²) in [6, 6.07) is 0. The molecular weight excluding hydrogens is 202 g/mol. The fourth-order valence-corrected chi connectivity index (χ4v) is 1.08. The number of pyridine rings is 1. The maximum atomic E-state index is 12.2. The Morgan fingerprint density at radius 3 is 2.69 bits per heavy atom. The Kier molecular flexibility index (Phi) is 2.87. The first-order valence-electron chi connectivity index (χ1n) is 3.42. The number of nitrogens with one attached hydrogen (secondary N) is 1. The highest BCUT2D eigenvalue weighted by Crippen LogP contribution is 2.19. The van der Waals surface area contributed by atoms with Crippen LogP contribution in [0.1, 0.15) is 17.7 Å². The van der Waals surface area contributed by atoms with Gasteiger partial charge in [-0.25, -0.2) is 8.78 Å². The van der Waals surface area contributed by atoms with Crippen LogP contribution in [0, 0.1) is 0 Å². The number of alkyl halides is 3. The minimum absolute atomic E-state index is 0.0525. The van der Waals surface area contributed by atoms with Gasteiger partial charge in [-0.15, -0.1) is 11.6 Å². The lowest BCUT2D eigenvalue weighted by atomic mass is 10.2. The Bertz CT molecular complexity index is 364. The third kappa shape index (κ3) is 1.80. The number of hydrogen-bond acceptors (Lipinski definition) is 2. The van der Waals surface area contributed by atoms with E-state index in [0.29, 0.717) is 0 Å². The zero-order valence-electron chi connectivity index (χ0n) is 6.48. The van der Waals surface area contributed by atoms with Crippen molar-refractivity contribution in [3.8, 4) is 0 Å². The summed E-state index contributed by atoms with van der Waals surface area (Å²) in [4.78, 5) is 13.4. The Hall–Kier alpha value is -1.10. The maximum Gasteiger partial charge on any atom is 0.280 e. The van der Waals surface area contributed by atoms with E-state index in [2.05, 4.69) is 4.98 Å². The third-order valence-corrected chi connectivity index (χ3v) is 1.88. The SMILES string of the molecule is Nc1c(C(F)F)[nH]cc(CCl)c1=O. The van der Waals surface area contributed by atoms with E-state index in [9.17, 15) is 13.6 Å². The summed E-state index contributed by atoms with van der Waals surface area (Å²) in [6.45, 7) is 0. The molecule has 3 nitrogen and oxygen atoms in total. The third-order valence-electron chi connectivity index (χ3n) is 1.59. The number of H-pyrrole nitrogens is 1. The van der Waals surface area contributed by atoms with Crippen LogP contribution in [-0.4, -0.2) is 4.98 Å². The van der Waals surface area contributed by atoms with E-state index in [1.165, 1.54) is 0 Å². The summed E-state index contributed by atoms with van der Waals surface area (Å²) in [6.07, 6.45) is -1.63. The van der Waals surface area contributed by atoms with E-state index >= 15 is 0 Å². The van der Waals surface area contributed by atoms with E-state index in [4.69, 9.17) is 17.3 Å². The fourth-order valence-electron chi connectivity index (χ4n) is 0.883. The van der Waals surface area contributed by atoms with E-state index in [-0.39, 0.29) is 11.4 Å². The van der Waals surface area contributed by atoms with Crippen LogP contribution in [0.4, 0.5) is 14.5 Å². The molecule has 0 saturated heterocycles. The lowest BCUT2D eigenvalue weighted by Crippen LogP contribution is -2.16. The van der Waals surface area contributed by atoms with Gasteiger partial charge in [0.05, 0.1) is 5.88 Å². The number of aromatic nitrogens is 1. The second-order valence-electron chi connectivity index (χ2n) is 2.40. The number of anilines is 1. The smallest absolute Gasteiger partial charge is 0.280 e. The lowest BCUT2D eigenvalue weighted by molar-refractivity contribution is 0.147. The van der Waals surface area contributed by atoms with E-state index in [1.807, 2.05) is 0 Å². The molecule has 0 fully saturated rings. The normalized spacial score (nSPS) is 10.8. The molecule has 0 aliphatic rings. The van der Waals surface area contributed by atoms with Crippen molar-refractivity contribution in [3.63, 3.8) is 0 Å². The van der Waals surface area contributed by atoms with Crippen LogP contribution < -0.4 is 11.2 Å². The van der Waals surface area contributed by atoms with Crippen LogP contribution in [0.2, 0.25) is 0 Å². The number of halogens is 3. The number of aromatic amines is 1. The highest BCUT2D eigenvalue weighted by molar-refractivity contribution is 6.17. The highest BCUT2D eigenvalue weighted by atomic mass is 35.5. The van der Waals surface area contributed by atoms with Gasteiger partial charge in [0, 0.05) is 11.8 Å². The van der Waals surface area contributed by atoms with Crippen molar-refractivity contribution < 1.29 is 8.78 Å². The molecule has 0 bridgehead atoms. The molecule has 1 aromatic rings. The molecule has 1 heterocycles. The van der Waals surface area contributed by atoms with Crippen LogP contribution in [0.25, 0.3) is 0 Å². The molecule has 13 heavy (non-hydrogen) atoms. The van der Waals surface area contributed by atoms with Gasteiger partial charge in [-0.1, -0.05) is 0 Å². The van der Waals surface area contributed by atoms with Gasteiger partial charge in [-0.3, -0.25) is 4.79 Å². The van der Waals surface area contributed by atoms with E-state index in [0.717, 1.165) is 6.20 Å². The number of nitrogen functional groups attached to an aromatic ring is 1. The molecular formula is C7H7ClF2N2O. The summed E-state index contributed by atoms with van der Waals surface area (Å²) < 4.78 is 24.3. The molecule has 72 valence electrons. The lowest BCUT2D eigenvalue weighted by Gasteiger charge is -2.04. The van der Waals surface area contributed by atoms with Gasteiger partial charge in [0.1, 0.15) is 11.4 Å². The topological polar surface area (TPSA) is 58.9 Å². The minimum atomic E-state index is -2.78. The molecule has 0 aliphatic carbocycles. The molecule has 0 aliphatic heterocycles. The Balaban J connectivity index is 3.32. The van der Waals surface area contributed by atoms with Gasteiger partial charge in [-0.05, 0) is 0 Å². The number of hydrogen-bond donors (Lipinski definition) is 2.